The van der Waals surface area contributed by atoms with Gasteiger partial charge >= 0.3 is 0 Å². The second-order valence-corrected chi connectivity index (χ2v) is 9.22. The maximum Gasteiger partial charge on any atom is 0.234 e. The third kappa shape index (κ3) is 5.35. The molecule has 1 heterocycles. The van der Waals surface area contributed by atoms with E-state index in [0.717, 1.165) is 48.1 Å². The van der Waals surface area contributed by atoms with Crippen LogP contribution in [0.1, 0.15) is 52.9 Å². The Balaban J connectivity index is 1.88. The van der Waals surface area contributed by atoms with E-state index in [1.54, 1.807) is 0 Å². The van der Waals surface area contributed by atoms with Gasteiger partial charge in [-0.2, -0.15) is 5.26 Å². The van der Waals surface area contributed by atoms with Crippen LogP contribution < -0.4 is 10.6 Å². The van der Waals surface area contributed by atoms with Gasteiger partial charge in [0, 0.05) is 6.54 Å². The van der Waals surface area contributed by atoms with Gasteiger partial charge in [-0.1, -0.05) is 56.2 Å². The summed E-state index contributed by atoms with van der Waals surface area (Å²) in [5.41, 5.74) is -0.685. The smallest absolute Gasteiger partial charge is 0.234 e. The Kier molecular flexibility index (Phi) is 6.87. The van der Waals surface area contributed by atoms with E-state index in [2.05, 4.69) is 40.7 Å². The van der Waals surface area contributed by atoms with Gasteiger partial charge in [-0.05, 0) is 25.7 Å². The molecule has 6 nitrogen and oxygen atoms in total. The van der Waals surface area contributed by atoms with Gasteiger partial charge in [-0.3, -0.25) is 4.79 Å². The molecule has 1 atom stereocenters. The molecule has 0 aliphatic heterocycles. The second-order valence-electron chi connectivity index (χ2n) is 6.65. The number of nitrogens with zero attached hydrogens (tertiary/aromatic N) is 3. The van der Waals surface area contributed by atoms with Gasteiger partial charge in [0.2, 0.25) is 11.0 Å². The summed E-state index contributed by atoms with van der Waals surface area (Å²) in [4.78, 5) is 12.5. The molecular weight excluding hydrogens is 342 g/mol. The maximum atomic E-state index is 12.5. The molecule has 24 heavy (non-hydrogen) atoms. The van der Waals surface area contributed by atoms with Crippen LogP contribution in [-0.4, -0.2) is 33.4 Å². The number of nitrogens with one attached hydrogen (secondary N) is 2. The average Bonchev–Trinajstić information content (AvgIpc) is 3.01. The lowest BCUT2D eigenvalue weighted by molar-refractivity contribution is -0.121. The van der Waals surface area contributed by atoms with Crippen molar-refractivity contribution in [2.45, 2.75) is 68.0 Å². The highest BCUT2D eigenvalue weighted by atomic mass is 32.2. The molecule has 0 bridgehead atoms. The number of aromatic nitrogens is 2. The Morgan fingerprint density at radius 1 is 1.33 bits per heavy atom. The predicted octanol–water partition coefficient (Wildman–Crippen LogP) is 3.43. The summed E-state index contributed by atoms with van der Waals surface area (Å²) in [5, 5.41) is 24.4. The minimum Gasteiger partial charge on any atom is -0.360 e. The monoisotopic (exact) mass is 367 g/mol. The largest absolute Gasteiger partial charge is 0.360 e. The molecular formula is C16H25N5OS2. The van der Waals surface area contributed by atoms with Gasteiger partial charge in [0.1, 0.15) is 5.54 Å². The van der Waals surface area contributed by atoms with Crippen LogP contribution in [0.3, 0.4) is 0 Å². The summed E-state index contributed by atoms with van der Waals surface area (Å²) in [5.74, 6) is 0.433. The van der Waals surface area contributed by atoms with Crippen LogP contribution in [0.2, 0.25) is 0 Å². The first kappa shape index (κ1) is 19.0. The molecule has 1 aromatic rings. The normalized spacial score (nSPS) is 18.0. The Bertz CT molecular complexity index is 590. The Hall–Kier alpha value is -1.33. The fourth-order valence-corrected chi connectivity index (χ4v) is 4.49. The number of carbonyl (C=O) groups is 1. The standard InChI is InChI=1S/C16H25N5OS2/c1-11(2)9-18-14-20-21-15(24-14)23-12(3)13(22)19-16(10-17)7-5-4-6-8-16/h11-12H,4-9H2,1-3H3,(H,18,20)(H,19,22). The topological polar surface area (TPSA) is 90.7 Å². The summed E-state index contributed by atoms with van der Waals surface area (Å²) in [7, 11) is 0. The van der Waals surface area contributed by atoms with Crippen LogP contribution in [0.5, 0.6) is 0 Å². The third-order valence-corrected chi connectivity index (χ3v) is 6.06. The summed E-state index contributed by atoms with van der Waals surface area (Å²) < 4.78 is 0.763. The van der Waals surface area contributed by atoms with E-state index < -0.39 is 5.54 Å². The van der Waals surface area contributed by atoms with Crippen molar-refractivity contribution in [1.82, 2.24) is 15.5 Å². The van der Waals surface area contributed by atoms with E-state index in [0.29, 0.717) is 5.92 Å². The molecule has 1 aromatic heterocycles. The lowest BCUT2D eigenvalue weighted by Gasteiger charge is -2.32. The molecule has 1 aliphatic rings. The Labute approximate surface area is 151 Å². The molecule has 0 spiro atoms. The number of anilines is 1. The van der Waals surface area contributed by atoms with Crippen molar-refractivity contribution < 1.29 is 4.79 Å². The zero-order valence-corrected chi connectivity index (χ0v) is 16.1. The minimum absolute atomic E-state index is 0.102. The highest BCUT2D eigenvalue weighted by Gasteiger charge is 2.35. The first-order valence-electron chi connectivity index (χ1n) is 8.41. The zero-order valence-electron chi connectivity index (χ0n) is 14.5. The Morgan fingerprint density at radius 3 is 2.67 bits per heavy atom. The summed E-state index contributed by atoms with van der Waals surface area (Å²) in [6.07, 6.45) is 4.62. The molecule has 2 N–H and O–H groups in total. The van der Waals surface area contributed by atoms with Gasteiger partial charge in [0.05, 0.1) is 11.3 Å². The van der Waals surface area contributed by atoms with Crippen LogP contribution in [0.4, 0.5) is 5.13 Å². The van der Waals surface area contributed by atoms with Crippen molar-refractivity contribution in [1.29, 1.82) is 5.26 Å². The maximum absolute atomic E-state index is 12.5. The fraction of sp³-hybridized carbons (Fsp3) is 0.750. The molecule has 1 fully saturated rings. The summed E-state index contributed by atoms with van der Waals surface area (Å²) >= 11 is 2.84. The molecule has 1 amide bonds. The highest BCUT2D eigenvalue weighted by Crippen LogP contribution is 2.31. The molecule has 132 valence electrons. The number of amides is 1. The van der Waals surface area contributed by atoms with Crippen LogP contribution in [-0.2, 0) is 4.79 Å². The second kappa shape index (κ2) is 8.67. The van der Waals surface area contributed by atoms with Crippen molar-refractivity contribution >= 4 is 34.1 Å². The van der Waals surface area contributed by atoms with Gasteiger partial charge in [0.15, 0.2) is 4.34 Å². The van der Waals surface area contributed by atoms with Gasteiger partial charge < -0.3 is 10.6 Å². The third-order valence-electron chi connectivity index (χ3n) is 4.00. The van der Waals surface area contributed by atoms with Gasteiger partial charge in [0.25, 0.3) is 0 Å². The highest BCUT2D eigenvalue weighted by molar-refractivity contribution is 8.02. The van der Waals surface area contributed by atoms with E-state index in [4.69, 9.17) is 0 Å². The van der Waals surface area contributed by atoms with Crippen molar-refractivity contribution in [3.05, 3.63) is 0 Å². The quantitative estimate of drug-likeness (QED) is 0.718. The molecule has 1 unspecified atom stereocenters. The molecule has 1 aliphatic carbocycles. The van der Waals surface area contributed by atoms with E-state index in [-0.39, 0.29) is 11.2 Å². The minimum atomic E-state index is -0.685. The van der Waals surface area contributed by atoms with E-state index >= 15 is 0 Å². The van der Waals surface area contributed by atoms with Crippen LogP contribution in [0, 0.1) is 17.2 Å². The van der Waals surface area contributed by atoms with Crippen molar-refractivity contribution in [3.63, 3.8) is 0 Å². The number of rotatable bonds is 7. The van der Waals surface area contributed by atoms with E-state index in [1.807, 2.05) is 6.92 Å². The van der Waals surface area contributed by atoms with Gasteiger partial charge in [-0.25, -0.2) is 0 Å². The van der Waals surface area contributed by atoms with Crippen LogP contribution >= 0.6 is 23.1 Å². The van der Waals surface area contributed by atoms with Gasteiger partial charge in [-0.15, -0.1) is 10.2 Å². The fourth-order valence-electron chi connectivity index (χ4n) is 2.58. The van der Waals surface area contributed by atoms with Crippen molar-refractivity contribution in [2.75, 3.05) is 11.9 Å². The first-order valence-corrected chi connectivity index (χ1v) is 10.1. The first-order chi connectivity index (χ1) is 11.4. The lowest BCUT2D eigenvalue weighted by Crippen LogP contribution is -2.50. The molecule has 0 aromatic carbocycles. The summed E-state index contributed by atoms with van der Waals surface area (Å²) in [6, 6.07) is 2.32. The Morgan fingerprint density at radius 2 is 2.04 bits per heavy atom. The average molecular weight is 368 g/mol. The van der Waals surface area contributed by atoms with Crippen LogP contribution in [0.25, 0.3) is 0 Å². The molecule has 1 saturated carbocycles. The van der Waals surface area contributed by atoms with E-state index in [9.17, 15) is 10.1 Å². The van der Waals surface area contributed by atoms with Crippen LogP contribution in [0.15, 0.2) is 4.34 Å². The molecule has 0 saturated heterocycles. The lowest BCUT2D eigenvalue weighted by atomic mass is 9.83. The number of carbonyl (C=O) groups excluding carboxylic acids is 1. The summed E-state index contributed by atoms with van der Waals surface area (Å²) in [6.45, 7) is 6.95. The number of hydrogen-bond acceptors (Lipinski definition) is 7. The molecule has 2 rings (SSSR count). The number of nitriles is 1. The number of thioether (sulfide) groups is 1. The molecule has 8 heteroatoms. The van der Waals surface area contributed by atoms with Crippen molar-refractivity contribution in [2.24, 2.45) is 5.92 Å². The zero-order chi connectivity index (χ0) is 17.6. The molecule has 0 radical (unpaired) electrons. The van der Waals surface area contributed by atoms with Crippen molar-refractivity contribution in [3.8, 4) is 6.07 Å². The predicted molar refractivity (Wildman–Crippen MR) is 98.1 cm³/mol. The van der Waals surface area contributed by atoms with E-state index in [1.165, 1.54) is 23.1 Å². The number of hydrogen-bond donors (Lipinski definition) is 2. The SMILES string of the molecule is CC(C)CNc1nnc(SC(C)C(=O)NC2(C#N)CCCCC2)s1.